The first-order valence-electron chi connectivity index (χ1n) is 8.89. The van der Waals surface area contributed by atoms with E-state index in [1.54, 1.807) is 18.3 Å². The summed E-state index contributed by atoms with van der Waals surface area (Å²) in [5.41, 5.74) is 4.29. The second kappa shape index (κ2) is 8.08. The van der Waals surface area contributed by atoms with E-state index >= 15 is 0 Å². The number of hydrogen-bond donors (Lipinski definition) is 0. The Morgan fingerprint density at radius 1 is 1.14 bits per heavy atom. The first-order chi connectivity index (χ1) is 13.4. The van der Waals surface area contributed by atoms with E-state index in [9.17, 15) is 4.79 Å². The van der Waals surface area contributed by atoms with Gasteiger partial charge in [0.05, 0.1) is 11.9 Å². The van der Waals surface area contributed by atoms with Crippen LogP contribution in [0.4, 0.5) is 0 Å². The van der Waals surface area contributed by atoms with Crippen LogP contribution in [0, 0.1) is 13.8 Å². The van der Waals surface area contributed by atoms with Crippen molar-refractivity contribution in [3.8, 4) is 11.4 Å². The minimum Gasteiger partial charge on any atom is -0.489 e. The molecule has 0 atom stereocenters. The van der Waals surface area contributed by atoms with Crippen LogP contribution in [0.5, 0.6) is 5.75 Å². The highest BCUT2D eigenvalue weighted by Crippen LogP contribution is 2.23. The van der Waals surface area contributed by atoms with Gasteiger partial charge < -0.3 is 9.75 Å². The number of hydrazone groups is 1. The van der Waals surface area contributed by atoms with E-state index in [1.165, 1.54) is 9.36 Å². The predicted octanol–water partition coefficient (Wildman–Crippen LogP) is 2.06. The normalized spacial score (nSPS) is 11.2. The number of tetrazole rings is 1. The molecule has 0 aliphatic carbocycles. The van der Waals surface area contributed by atoms with Crippen LogP contribution in [0.2, 0.25) is 0 Å². The number of aryl methyl sites for hydroxylation is 3. The summed E-state index contributed by atoms with van der Waals surface area (Å²) in [7, 11) is 5.33. The molecule has 3 rings (SSSR count). The van der Waals surface area contributed by atoms with E-state index in [1.807, 2.05) is 64.3 Å². The van der Waals surface area contributed by atoms with Crippen molar-refractivity contribution in [3.05, 3.63) is 69.1 Å². The molecule has 0 fully saturated rings. The van der Waals surface area contributed by atoms with Gasteiger partial charge in [-0.2, -0.15) is 14.5 Å². The van der Waals surface area contributed by atoms with E-state index in [4.69, 9.17) is 4.74 Å². The van der Waals surface area contributed by atoms with Gasteiger partial charge >= 0.3 is 5.69 Å². The zero-order chi connectivity index (χ0) is 20.3. The molecule has 28 heavy (non-hydrogen) atoms. The summed E-state index contributed by atoms with van der Waals surface area (Å²) in [4.78, 5) is 12.3. The lowest BCUT2D eigenvalue weighted by Gasteiger charge is -2.14. The molecule has 8 nitrogen and oxygen atoms in total. The fourth-order valence-corrected chi connectivity index (χ4v) is 2.78. The Morgan fingerprint density at radius 3 is 2.57 bits per heavy atom. The van der Waals surface area contributed by atoms with Gasteiger partial charge in [-0.25, -0.2) is 4.79 Å². The summed E-state index contributed by atoms with van der Waals surface area (Å²) in [6, 6.07) is 11.6. The molecule has 0 N–H and O–H groups in total. The maximum atomic E-state index is 12.3. The fraction of sp³-hybridized carbons (Fsp3) is 0.300. The lowest BCUT2D eigenvalue weighted by Crippen LogP contribution is -2.23. The first kappa shape index (κ1) is 19.3. The second-order valence-corrected chi connectivity index (χ2v) is 6.77. The zero-order valence-electron chi connectivity index (χ0n) is 16.7. The topological polar surface area (TPSA) is 77.5 Å². The Balaban J connectivity index is 1.86. The minimum atomic E-state index is -0.299. The van der Waals surface area contributed by atoms with Crippen molar-refractivity contribution < 1.29 is 4.74 Å². The van der Waals surface area contributed by atoms with Gasteiger partial charge in [-0.05, 0) is 65.2 Å². The summed E-state index contributed by atoms with van der Waals surface area (Å²) in [5, 5.41) is 13.7. The predicted molar refractivity (Wildman–Crippen MR) is 108 cm³/mol. The highest BCUT2D eigenvalue weighted by atomic mass is 16.5. The Kier molecular flexibility index (Phi) is 5.58. The molecule has 2 aromatic carbocycles. The van der Waals surface area contributed by atoms with Gasteiger partial charge in [-0.15, -0.1) is 0 Å². The van der Waals surface area contributed by atoms with E-state index in [0.29, 0.717) is 12.3 Å². The summed E-state index contributed by atoms with van der Waals surface area (Å²) in [6.07, 6.45) is 1.80. The summed E-state index contributed by atoms with van der Waals surface area (Å²) >= 11 is 0. The lowest BCUT2D eigenvalue weighted by atomic mass is 10.1. The molecule has 0 unspecified atom stereocenters. The van der Waals surface area contributed by atoms with E-state index in [2.05, 4.69) is 15.5 Å². The molecule has 0 radical (unpaired) electrons. The third kappa shape index (κ3) is 4.11. The van der Waals surface area contributed by atoms with Crippen LogP contribution in [0.3, 0.4) is 0 Å². The molecule has 0 amide bonds. The number of hydrogen-bond acceptors (Lipinski definition) is 6. The fourth-order valence-electron chi connectivity index (χ4n) is 2.78. The van der Waals surface area contributed by atoms with Crippen LogP contribution < -0.4 is 10.4 Å². The van der Waals surface area contributed by atoms with Crippen molar-refractivity contribution in [2.75, 3.05) is 14.1 Å². The Labute approximate surface area is 163 Å². The van der Waals surface area contributed by atoms with E-state index < -0.39 is 0 Å². The molecule has 0 saturated carbocycles. The van der Waals surface area contributed by atoms with Gasteiger partial charge in [-0.1, -0.05) is 12.1 Å². The van der Waals surface area contributed by atoms with Crippen LogP contribution in [0.25, 0.3) is 5.69 Å². The minimum absolute atomic E-state index is 0.299. The SMILES string of the molecule is Cc1cc(/C=N\N(C)C)ccc1OCc1c(C)cccc1-n1nnn(C)c1=O. The molecule has 0 aliphatic rings. The van der Waals surface area contributed by atoms with Crippen molar-refractivity contribution in [1.82, 2.24) is 24.8 Å². The first-order valence-corrected chi connectivity index (χ1v) is 8.89. The van der Waals surface area contributed by atoms with Gasteiger partial charge in [0.1, 0.15) is 12.4 Å². The standard InChI is InChI=1S/C20H24N6O2/c1-14-7-6-8-18(26-20(27)25(5)22-23-26)17(14)13-28-19-10-9-16(11-15(19)2)12-21-24(3)4/h6-12H,13H2,1-5H3/b21-12-. The summed E-state index contributed by atoms with van der Waals surface area (Å²) in [5.74, 6) is 0.780. The second-order valence-electron chi connectivity index (χ2n) is 6.77. The smallest absolute Gasteiger partial charge is 0.368 e. The number of ether oxygens (including phenoxy) is 1. The third-order valence-corrected chi connectivity index (χ3v) is 4.34. The van der Waals surface area contributed by atoms with Gasteiger partial charge in [-0.3, -0.25) is 0 Å². The number of nitrogens with zero attached hydrogens (tertiary/aromatic N) is 6. The molecule has 0 aliphatic heterocycles. The van der Waals surface area contributed by atoms with Crippen molar-refractivity contribution in [3.63, 3.8) is 0 Å². The maximum absolute atomic E-state index is 12.3. The highest BCUT2D eigenvalue weighted by molar-refractivity contribution is 5.80. The van der Waals surface area contributed by atoms with Crippen LogP contribution in [-0.4, -0.2) is 45.1 Å². The van der Waals surface area contributed by atoms with Crippen molar-refractivity contribution in [2.24, 2.45) is 12.1 Å². The number of rotatable bonds is 6. The van der Waals surface area contributed by atoms with Gasteiger partial charge in [0.25, 0.3) is 0 Å². The van der Waals surface area contributed by atoms with Crippen LogP contribution in [0.1, 0.15) is 22.3 Å². The summed E-state index contributed by atoms with van der Waals surface area (Å²) < 4.78 is 8.56. The monoisotopic (exact) mass is 380 g/mol. The maximum Gasteiger partial charge on any atom is 0.368 e. The van der Waals surface area contributed by atoms with Gasteiger partial charge in [0.2, 0.25) is 0 Å². The van der Waals surface area contributed by atoms with Crippen molar-refractivity contribution >= 4 is 6.21 Å². The van der Waals surface area contributed by atoms with Crippen molar-refractivity contribution in [2.45, 2.75) is 20.5 Å². The summed E-state index contributed by atoms with van der Waals surface area (Å²) in [6.45, 7) is 4.29. The quantitative estimate of drug-likeness (QED) is 0.483. The number of aromatic nitrogens is 4. The van der Waals surface area contributed by atoms with Gasteiger partial charge in [0, 0.05) is 26.7 Å². The van der Waals surface area contributed by atoms with E-state index in [0.717, 1.165) is 28.0 Å². The lowest BCUT2D eigenvalue weighted by molar-refractivity contribution is 0.302. The Hall–Kier alpha value is -3.42. The molecule has 1 heterocycles. The molecule has 8 heteroatoms. The highest BCUT2D eigenvalue weighted by Gasteiger charge is 2.14. The molecule has 1 aromatic heterocycles. The molecular weight excluding hydrogens is 356 g/mol. The zero-order valence-corrected chi connectivity index (χ0v) is 16.7. The van der Waals surface area contributed by atoms with Crippen molar-refractivity contribution in [1.29, 1.82) is 0 Å². The van der Waals surface area contributed by atoms with Gasteiger partial charge in [0.15, 0.2) is 0 Å². The van der Waals surface area contributed by atoms with Crippen LogP contribution in [0.15, 0.2) is 46.3 Å². The molecular formula is C20H24N6O2. The average Bonchev–Trinajstić information content (AvgIpc) is 2.99. The van der Waals surface area contributed by atoms with E-state index in [-0.39, 0.29) is 5.69 Å². The van der Waals surface area contributed by atoms with Crippen LogP contribution in [-0.2, 0) is 13.7 Å². The largest absolute Gasteiger partial charge is 0.489 e. The molecule has 146 valence electrons. The Bertz CT molecular complexity index is 1060. The molecule has 0 bridgehead atoms. The number of benzene rings is 2. The molecule has 0 spiro atoms. The van der Waals surface area contributed by atoms with Crippen LogP contribution >= 0.6 is 0 Å². The average molecular weight is 380 g/mol. The third-order valence-electron chi connectivity index (χ3n) is 4.34. The molecule has 3 aromatic rings. The Morgan fingerprint density at radius 2 is 1.93 bits per heavy atom. The molecule has 0 saturated heterocycles.